The second kappa shape index (κ2) is 9.07. The molecule has 0 aliphatic carbocycles. The molecule has 2 aromatic carbocycles. The van der Waals surface area contributed by atoms with Crippen LogP contribution in [0, 0.1) is 0 Å². The molecule has 0 bridgehead atoms. The van der Waals surface area contributed by atoms with Gasteiger partial charge in [0.15, 0.2) is 0 Å². The van der Waals surface area contributed by atoms with E-state index in [1.165, 1.54) is 22.5 Å². The molecule has 0 unspecified atom stereocenters. The second-order valence-electron chi connectivity index (χ2n) is 6.04. The van der Waals surface area contributed by atoms with Gasteiger partial charge in [0.1, 0.15) is 4.90 Å². The molecule has 1 saturated heterocycles. The molecule has 1 heterocycles. The molecule has 6 nitrogen and oxygen atoms in total. The first-order valence-corrected chi connectivity index (χ1v) is 10.7. The molecule has 0 saturated carbocycles. The average Bonchev–Trinajstić information content (AvgIpc) is 2.68. The van der Waals surface area contributed by atoms with Crippen molar-refractivity contribution in [2.75, 3.05) is 31.6 Å². The Hall–Kier alpha value is -1.90. The van der Waals surface area contributed by atoms with Crippen LogP contribution in [0.2, 0.25) is 10.0 Å². The molecule has 1 aliphatic rings. The highest BCUT2D eigenvalue weighted by Crippen LogP contribution is 2.28. The molecule has 1 aliphatic heterocycles. The van der Waals surface area contributed by atoms with E-state index in [0.29, 0.717) is 23.9 Å². The molecule has 3 rings (SSSR count). The molecule has 1 fully saturated rings. The third-order valence-corrected chi connectivity index (χ3v) is 6.68. The topological polar surface area (TPSA) is 75.7 Å². The first-order chi connectivity index (χ1) is 13.4. The molecule has 9 heteroatoms. The number of anilines is 1. The van der Waals surface area contributed by atoms with E-state index in [-0.39, 0.29) is 23.0 Å². The van der Waals surface area contributed by atoms with Crippen molar-refractivity contribution in [3.05, 3.63) is 64.1 Å². The van der Waals surface area contributed by atoms with Crippen LogP contribution in [0.3, 0.4) is 0 Å². The van der Waals surface area contributed by atoms with E-state index < -0.39 is 15.9 Å². The van der Waals surface area contributed by atoms with Gasteiger partial charge in [0.2, 0.25) is 15.9 Å². The van der Waals surface area contributed by atoms with E-state index in [2.05, 4.69) is 5.32 Å². The Balaban J connectivity index is 1.76. The molecule has 0 atom stereocenters. The van der Waals surface area contributed by atoms with Crippen molar-refractivity contribution in [1.82, 2.24) is 4.31 Å². The number of nitrogens with one attached hydrogen (secondary N) is 1. The molecule has 1 amide bonds. The lowest BCUT2D eigenvalue weighted by atomic mass is 10.2. The minimum Gasteiger partial charge on any atom is -0.379 e. The van der Waals surface area contributed by atoms with E-state index in [1.807, 2.05) is 6.07 Å². The predicted molar refractivity (Wildman–Crippen MR) is 110 cm³/mol. The van der Waals surface area contributed by atoms with Crippen molar-refractivity contribution in [3.63, 3.8) is 0 Å². The molecule has 0 radical (unpaired) electrons. The molecular weight excluding hydrogens is 423 g/mol. The van der Waals surface area contributed by atoms with Gasteiger partial charge in [-0.25, -0.2) is 8.42 Å². The summed E-state index contributed by atoms with van der Waals surface area (Å²) in [4.78, 5) is 12.1. The van der Waals surface area contributed by atoms with Gasteiger partial charge in [-0.2, -0.15) is 4.31 Å². The number of sulfonamides is 1. The van der Waals surface area contributed by atoms with E-state index in [1.54, 1.807) is 30.3 Å². The Morgan fingerprint density at radius 3 is 2.57 bits per heavy atom. The Kier molecular flexibility index (Phi) is 6.74. The number of ether oxygens (including phenoxy) is 1. The van der Waals surface area contributed by atoms with E-state index >= 15 is 0 Å². The minimum absolute atomic E-state index is 0.0484. The smallest absolute Gasteiger partial charge is 0.248 e. The van der Waals surface area contributed by atoms with Crippen molar-refractivity contribution in [1.29, 1.82) is 0 Å². The maximum absolute atomic E-state index is 12.8. The largest absolute Gasteiger partial charge is 0.379 e. The van der Waals surface area contributed by atoms with Gasteiger partial charge in [0, 0.05) is 29.9 Å². The maximum atomic E-state index is 12.8. The quantitative estimate of drug-likeness (QED) is 0.719. The number of rotatable bonds is 5. The zero-order valence-electron chi connectivity index (χ0n) is 14.8. The van der Waals surface area contributed by atoms with Gasteiger partial charge >= 0.3 is 0 Å². The minimum atomic E-state index is -3.77. The standard InChI is InChI=1S/C19H18Cl2N2O4S/c20-15-3-1-2-14(12-15)4-7-19(24)22-16-5-6-17(21)18(13-16)28(25,26)23-8-10-27-11-9-23/h1-7,12-13H,8-11H2,(H,22,24)/b7-4+. The fraction of sp³-hybridized carbons (Fsp3) is 0.211. The Bertz CT molecular complexity index is 1000. The molecule has 0 aromatic heterocycles. The number of amides is 1. The van der Waals surface area contributed by atoms with Gasteiger partial charge in [0.05, 0.1) is 18.2 Å². The lowest BCUT2D eigenvalue weighted by Gasteiger charge is -2.26. The summed E-state index contributed by atoms with van der Waals surface area (Å²) in [5.74, 6) is -0.406. The molecular formula is C19H18Cl2N2O4S. The summed E-state index contributed by atoms with van der Waals surface area (Å²) in [6, 6.07) is 11.4. The SMILES string of the molecule is O=C(/C=C/c1cccc(Cl)c1)Nc1ccc(Cl)c(S(=O)(=O)N2CCOCC2)c1. The number of morpholine rings is 1. The van der Waals surface area contributed by atoms with Crippen LogP contribution in [0.1, 0.15) is 5.56 Å². The fourth-order valence-electron chi connectivity index (χ4n) is 2.67. The van der Waals surface area contributed by atoms with Crippen LogP contribution in [0.5, 0.6) is 0 Å². The third kappa shape index (κ3) is 5.12. The first kappa shape index (κ1) is 20.8. The van der Waals surface area contributed by atoms with Crippen molar-refractivity contribution in [2.24, 2.45) is 0 Å². The van der Waals surface area contributed by atoms with Gasteiger partial charge < -0.3 is 10.1 Å². The van der Waals surface area contributed by atoms with E-state index in [9.17, 15) is 13.2 Å². The molecule has 148 valence electrons. The summed E-state index contributed by atoms with van der Waals surface area (Å²) in [7, 11) is -3.77. The number of halogens is 2. The van der Waals surface area contributed by atoms with Crippen molar-refractivity contribution < 1.29 is 17.9 Å². The van der Waals surface area contributed by atoms with Gasteiger partial charge in [0.25, 0.3) is 0 Å². The third-order valence-electron chi connectivity index (χ3n) is 4.06. The number of benzene rings is 2. The van der Waals surface area contributed by atoms with Crippen molar-refractivity contribution in [3.8, 4) is 0 Å². The molecule has 1 N–H and O–H groups in total. The van der Waals surface area contributed by atoms with Crippen LogP contribution < -0.4 is 5.32 Å². The molecule has 28 heavy (non-hydrogen) atoms. The summed E-state index contributed by atoms with van der Waals surface area (Å²) < 4.78 is 32.2. The highest BCUT2D eigenvalue weighted by Gasteiger charge is 2.28. The average molecular weight is 441 g/mol. The number of hydrogen-bond donors (Lipinski definition) is 1. The first-order valence-electron chi connectivity index (χ1n) is 8.48. The Morgan fingerprint density at radius 1 is 1.11 bits per heavy atom. The number of nitrogens with zero attached hydrogens (tertiary/aromatic N) is 1. The maximum Gasteiger partial charge on any atom is 0.248 e. The second-order valence-corrected chi connectivity index (χ2v) is 8.79. The van der Waals surface area contributed by atoms with Crippen molar-refractivity contribution in [2.45, 2.75) is 4.90 Å². The predicted octanol–water partition coefficient (Wildman–Crippen LogP) is 3.67. The monoisotopic (exact) mass is 440 g/mol. The summed E-state index contributed by atoms with van der Waals surface area (Å²) in [5.41, 5.74) is 1.10. The van der Waals surface area contributed by atoms with Gasteiger partial charge in [-0.1, -0.05) is 35.3 Å². The van der Waals surface area contributed by atoms with E-state index in [4.69, 9.17) is 27.9 Å². The van der Waals surface area contributed by atoms with Crippen LogP contribution in [0.4, 0.5) is 5.69 Å². The number of hydrogen-bond acceptors (Lipinski definition) is 4. The highest BCUT2D eigenvalue weighted by atomic mass is 35.5. The van der Waals surface area contributed by atoms with Crippen molar-refractivity contribution >= 4 is 50.9 Å². The van der Waals surface area contributed by atoms with E-state index in [0.717, 1.165) is 5.56 Å². The van der Waals surface area contributed by atoms with Crippen LogP contribution in [-0.4, -0.2) is 44.9 Å². The van der Waals surface area contributed by atoms with Crippen LogP contribution in [-0.2, 0) is 19.6 Å². The zero-order valence-corrected chi connectivity index (χ0v) is 17.1. The summed E-state index contributed by atoms with van der Waals surface area (Å²) >= 11 is 12.0. The van der Waals surface area contributed by atoms with Gasteiger partial charge in [-0.15, -0.1) is 0 Å². The lowest BCUT2D eigenvalue weighted by Crippen LogP contribution is -2.40. The Labute approximate surface area is 173 Å². The van der Waals surface area contributed by atoms with Gasteiger partial charge in [-0.3, -0.25) is 4.79 Å². The summed E-state index contributed by atoms with van der Waals surface area (Å²) in [6.45, 7) is 1.19. The zero-order chi connectivity index (χ0) is 20.1. The fourth-order valence-corrected chi connectivity index (χ4v) is 4.78. The molecule has 2 aromatic rings. The van der Waals surface area contributed by atoms with Crippen LogP contribution >= 0.6 is 23.2 Å². The lowest BCUT2D eigenvalue weighted by molar-refractivity contribution is -0.111. The van der Waals surface area contributed by atoms with Crippen LogP contribution in [0.15, 0.2) is 53.4 Å². The number of carbonyl (C=O) groups excluding carboxylic acids is 1. The number of carbonyl (C=O) groups is 1. The van der Waals surface area contributed by atoms with Gasteiger partial charge in [-0.05, 0) is 42.0 Å². The highest BCUT2D eigenvalue weighted by molar-refractivity contribution is 7.89. The normalized spacial score (nSPS) is 15.6. The Morgan fingerprint density at radius 2 is 1.86 bits per heavy atom. The van der Waals surface area contributed by atoms with Crippen LogP contribution in [0.25, 0.3) is 6.08 Å². The molecule has 0 spiro atoms. The summed E-state index contributed by atoms with van der Waals surface area (Å²) in [6.07, 6.45) is 2.96. The summed E-state index contributed by atoms with van der Waals surface area (Å²) in [5, 5.41) is 3.31.